The van der Waals surface area contributed by atoms with Crippen molar-refractivity contribution in [2.75, 3.05) is 6.61 Å². The van der Waals surface area contributed by atoms with Crippen molar-refractivity contribution in [3.63, 3.8) is 0 Å². The lowest BCUT2D eigenvalue weighted by Gasteiger charge is -2.21. The molecule has 1 aliphatic heterocycles. The smallest absolute Gasteiger partial charge is 0.125 e. The highest BCUT2D eigenvalue weighted by Crippen LogP contribution is 2.30. The summed E-state index contributed by atoms with van der Waals surface area (Å²) in [7, 11) is 1.97. The summed E-state index contributed by atoms with van der Waals surface area (Å²) in [6, 6.07) is -0.00694. The van der Waals surface area contributed by atoms with Crippen molar-refractivity contribution in [3.05, 3.63) is 18.2 Å². The zero-order valence-corrected chi connectivity index (χ0v) is 8.68. The highest BCUT2D eigenvalue weighted by atomic mass is 16.5. The van der Waals surface area contributed by atoms with Crippen LogP contribution in [0.25, 0.3) is 0 Å². The minimum Gasteiger partial charge on any atom is -0.378 e. The van der Waals surface area contributed by atoms with Crippen LogP contribution in [0.5, 0.6) is 0 Å². The van der Waals surface area contributed by atoms with Crippen molar-refractivity contribution in [1.82, 2.24) is 9.55 Å². The van der Waals surface area contributed by atoms with Gasteiger partial charge in [-0.3, -0.25) is 0 Å². The van der Waals surface area contributed by atoms with Crippen molar-refractivity contribution in [1.29, 1.82) is 0 Å². The number of ether oxygens (including phenoxy) is 1. The maximum atomic E-state index is 6.17. The van der Waals surface area contributed by atoms with Crippen LogP contribution >= 0.6 is 0 Å². The monoisotopic (exact) mass is 195 g/mol. The molecular weight excluding hydrogens is 178 g/mol. The van der Waals surface area contributed by atoms with Crippen LogP contribution in [0.3, 0.4) is 0 Å². The van der Waals surface area contributed by atoms with Crippen LogP contribution in [-0.2, 0) is 11.8 Å². The number of hydrogen-bond acceptors (Lipinski definition) is 3. The summed E-state index contributed by atoms with van der Waals surface area (Å²) in [5.74, 6) is 1.35. The summed E-state index contributed by atoms with van der Waals surface area (Å²) in [5, 5.41) is 0. The lowest BCUT2D eigenvalue weighted by molar-refractivity contribution is 0.0984. The Morgan fingerprint density at radius 2 is 2.50 bits per heavy atom. The summed E-state index contributed by atoms with van der Waals surface area (Å²) in [6.07, 6.45) is 5.00. The van der Waals surface area contributed by atoms with Gasteiger partial charge in [0.25, 0.3) is 0 Å². The molecule has 4 nitrogen and oxygen atoms in total. The van der Waals surface area contributed by atoms with E-state index in [-0.39, 0.29) is 12.1 Å². The van der Waals surface area contributed by atoms with E-state index in [2.05, 4.69) is 11.9 Å². The van der Waals surface area contributed by atoms with E-state index >= 15 is 0 Å². The van der Waals surface area contributed by atoms with Gasteiger partial charge in [0.15, 0.2) is 0 Å². The fraction of sp³-hybridized carbons (Fsp3) is 0.700. The van der Waals surface area contributed by atoms with Crippen molar-refractivity contribution in [3.8, 4) is 0 Å². The molecule has 2 rings (SSSR count). The van der Waals surface area contributed by atoms with Crippen molar-refractivity contribution in [2.24, 2.45) is 18.7 Å². The molecule has 1 aromatic rings. The summed E-state index contributed by atoms with van der Waals surface area (Å²) in [4.78, 5) is 4.28. The summed E-state index contributed by atoms with van der Waals surface area (Å²) < 4.78 is 7.49. The Labute approximate surface area is 84.1 Å². The van der Waals surface area contributed by atoms with Crippen molar-refractivity contribution >= 4 is 0 Å². The number of nitrogens with two attached hydrogens (primary N) is 1. The van der Waals surface area contributed by atoms with Crippen LogP contribution in [0.15, 0.2) is 12.4 Å². The molecular formula is C10H17N3O. The van der Waals surface area contributed by atoms with E-state index < -0.39 is 0 Å². The first-order valence-corrected chi connectivity index (χ1v) is 5.04. The molecule has 0 radical (unpaired) electrons. The van der Waals surface area contributed by atoms with E-state index in [1.54, 1.807) is 6.20 Å². The van der Waals surface area contributed by atoms with Crippen LogP contribution in [0.2, 0.25) is 0 Å². The molecule has 14 heavy (non-hydrogen) atoms. The second-order valence-corrected chi connectivity index (χ2v) is 3.95. The molecule has 3 atom stereocenters. The first-order chi connectivity index (χ1) is 6.70. The predicted octanol–water partition coefficient (Wildman–Crippen LogP) is 0.845. The van der Waals surface area contributed by atoms with E-state index in [1.165, 1.54) is 0 Å². The van der Waals surface area contributed by atoms with Gasteiger partial charge in [0.1, 0.15) is 5.82 Å². The third-order valence-electron chi connectivity index (χ3n) is 3.05. The van der Waals surface area contributed by atoms with E-state index in [9.17, 15) is 0 Å². The summed E-state index contributed by atoms with van der Waals surface area (Å²) in [6.45, 7) is 2.91. The third-order valence-corrected chi connectivity index (χ3v) is 3.05. The Morgan fingerprint density at radius 3 is 3.00 bits per heavy atom. The van der Waals surface area contributed by atoms with Gasteiger partial charge < -0.3 is 15.0 Å². The molecule has 0 aliphatic carbocycles. The van der Waals surface area contributed by atoms with Gasteiger partial charge in [0.05, 0.1) is 12.1 Å². The topological polar surface area (TPSA) is 53.1 Å². The Balaban J connectivity index is 2.15. The number of hydrogen-bond donors (Lipinski definition) is 1. The zero-order valence-electron chi connectivity index (χ0n) is 8.68. The lowest BCUT2D eigenvalue weighted by atomic mass is 9.93. The van der Waals surface area contributed by atoms with Crippen molar-refractivity contribution < 1.29 is 4.74 Å². The summed E-state index contributed by atoms with van der Waals surface area (Å²) >= 11 is 0. The molecule has 0 bridgehead atoms. The van der Waals surface area contributed by atoms with Crippen LogP contribution in [0.1, 0.15) is 25.2 Å². The second-order valence-electron chi connectivity index (χ2n) is 3.95. The molecule has 3 unspecified atom stereocenters. The fourth-order valence-electron chi connectivity index (χ4n) is 2.11. The molecule has 4 heteroatoms. The molecule has 2 heterocycles. The highest BCUT2D eigenvalue weighted by molar-refractivity contribution is 5.01. The first-order valence-electron chi connectivity index (χ1n) is 5.04. The van der Waals surface area contributed by atoms with Crippen LogP contribution < -0.4 is 5.73 Å². The first kappa shape index (κ1) is 9.68. The van der Waals surface area contributed by atoms with Gasteiger partial charge in [-0.2, -0.15) is 0 Å². The maximum absolute atomic E-state index is 6.17. The number of rotatable bonds is 2. The van der Waals surface area contributed by atoms with Gasteiger partial charge >= 0.3 is 0 Å². The SMILES string of the molecule is CC1OCCC1C(N)c1nccn1C. The summed E-state index contributed by atoms with van der Waals surface area (Å²) in [5.41, 5.74) is 6.17. The molecule has 1 fully saturated rings. The minimum atomic E-state index is -0.00694. The molecule has 1 aliphatic rings. The van der Waals surface area contributed by atoms with Gasteiger partial charge in [-0.1, -0.05) is 0 Å². The molecule has 0 aromatic carbocycles. The predicted molar refractivity (Wildman–Crippen MR) is 53.7 cm³/mol. The largest absolute Gasteiger partial charge is 0.378 e. The average molecular weight is 195 g/mol. The van der Waals surface area contributed by atoms with Crippen LogP contribution in [-0.4, -0.2) is 22.3 Å². The number of imidazole rings is 1. The Morgan fingerprint density at radius 1 is 1.71 bits per heavy atom. The van der Waals surface area contributed by atoms with E-state index in [0.29, 0.717) is 5.92 Å². The fourth-order valence-corrected chi connectivity index (χ4v) is 2.11. The van der Waals surface area contributed by atoms with Gasteiger partial charge in [0, 0.05) is 32.0 Å². The van der Waals surface area contributed by atoms with Gasteiger partial charge in [-0.25, -0.2) is 4.98 Å². The molecule has 1 aromatic heterocycles. The maximum Gasteiger partial charge on any atom is 0.125 e. The standard InChI is InChI=1S/C10H17N3O/c1-7-8(3-6-14-7)9(11)10-12-4-5-13(10)2/h4-5,7-9H,3,6,11H2,1-2H3. The molecule has 1 saturated heterocycles. The molecule has 0 amide bonds. The van der Waals surface area contributed by atoms with E-state index in [0.717, 1.165) is 18.9 Å². The Bertz CT molecular complexity index is 310. The highest BCUT2D eigenvalue weighted by Gasteiger charge is 2.32. The Kier molecular flexibility index (Phi) is 2.56. The Hall–Kier alpha value is -0.870. The second kappa shape index (κ2) is 3.71. The molecule has 78 valence electrons. The molecule has 2 N–H and O–H groups in total. The van der Waals surface area contributed by atoms with Crippen LogP contribution in [0, 0.1) is 5.92 Å². The lowest BCUT2D eigenvalue weighted by Crippen LogP contribution is -2.28. The third kappa shape index (κ3) is 1.55. The quantitative estimate of drug-likeness (QED) is 0.761. The average Bonchev–Trinajstić information content (AvgIpc) is 2.73. The molecule has 0 spiro atoms. The van der Waals surface area contributed by atoms with Gasteiger partial charge in [-0.15, -0.1) is 0 Å². The number of aromatic nitrogens is 2. The van der Waals surface area contributed by atoms with E-state index in [4.69, 9.17) is 10.5 Å². The van der Waals surface area contributed by atoms with Crippen molar-refractivity contribution in [2.45, 2.75) is 25.5 Å². The minimum absolute atomic E-state index is 0.00694. The number of nitrogens with zero attached hydrogens (tertiary/aromatic N) is 2. The molecule has 0 saturated carbocycles. The van der Waals surface area contributed by atoms with Crippen LogP contribution in [0.4, 0.5) is 0 Å². The normalized spacial score (nSPS) is 29.4. The number of aryl methyl sites for hydroxylation is 1. The van der Waals surface area contributed by atoms with Gasteiger partial charge in [0.2, 0.25) is 0 Å². The van der Waals surface area contributed by atoms with E-state index in [1.807, 2.05) is 17.8 Å². The van der Waals surface area contributed by atoms with Gasteiger partial charge in [-0.05, 0) is 13.3 Å². The zero-order chi connectivity index (χ0) is 10.1.